The second-order valence-corrected chi connectivity index (χ2v) is 4.52. The third kappa shape index (κ3) is 5.28. The van der Waals surface area contributed by atoms with E-state index in [1.165, 1.54) is 0 Å². The Labute approximate surface area is 98.9 Å². The third-order valence-electron chi connectivity index (χ3n) is 2.63. The molecule has 0 fully saturated rings. The van der Waals surface area contributed by atoms with Gasteiger partial charge < -0.3 is 9.64 Å². The first kappa shape index (κ1) is 15.1. The predicted molar refractivity (Wildman–Crippen MR) is 66.1 cm³/mol. The fourth-order valence-electron chi connectivity index (χ4n) is 0.932. The molecular weight excluding hydrogens is 204 g/mol. The molecule has 0 spiro atoms. The second kappa shape index (κ2) is 6.66. The maximum Gasteiger partial charge on any atom is 0.335 e. The van der Waals surface area contributed by atoms with Crippen molar-refractivity contribution in [2.24, 2.45) is 0 Å². The molecule has 0 saturated heterocycles. The lowest BCUT2D eigenvalue weighted by Crippen LogP contribution is -2.30. The molecule has 4 heteroatoms. The molecule has 0 amide bonds. The number of rotatable bonds is 5. The van der Waals surface area contributed by atoms with Crippen LogP contribution in [0.25, 0.3) is 0 Å². The highest BCUT2D eigenvalue weighted by molar-refractivity contribution is 5.87. The van der Waals surface area contributed by atoms with Crippen LogP contribution in [-0.2, 0) is 9.53 Å². The van der Waals surface area contributed by atoms with Crippen molar-refractivity contribution >= 4 is 5.97 Å². The molecule has 2 unspecified atom stereocenters. The number of carbonyl (C=O) groups excluding carboxylic acids is 1. The summed E-state index contributed by atoms with van der Waals surface area (Å²) in [5.74, 6) is -0.255. The molecular formula is C12H24N2O2. The van der Waals surface area contributed by atoms with E-state index in [-0.39, 0.29) is 18.2 Å². The zero-order valence-electron chi connectivity index (χ0n) is 11.4. The molecule has 0 saturated carbocycles. The number of carbonyl (C=O) groups is 1. The van der Waals surface area contributed by atoms with Crippen LogP contribution >= 0.6 is 0 Å². The molecule has 0 bridgehead atoms. The molecule has 0 rings (SSSR count). The van der Waals surface area contributed by atoms with Crippen LogP contribution in [0.15, 0.2) is 11.6 Å². The van der Waals surface area contributed by atoms with Gasteiger partial charge in [-0.1, -0.05) is 6.08 Å². The number of esters is 1. The van der Waals surface area contributed by atoms with Crippen LogP contribution in [0, 0.1) is 0 Å². The first-order valence-electron chi connectivity index (χ1n) is 5.48. The molecule has 0 radical (unpaired) electrons. The van der Waals surface area contributed by atoms with Gasteiger partial charge in [0, 0.05) is 11.6 Å². The summed E-state index contributed by atoms with van der Waals surface area (Å²) in [5.41, 5.74) is 0.648. The van der Waals surface area contributed by atoms with Gasteiger partial charge in [-0.05, 0) is 49.0 Å². The summed E-state index contributed by atoms with van der Waals surface area (Å²) in [6.07, 6.45) is 1.70. The van der Waals surface area contributed by atoms with E-state index in [0.29, 0.717) is 5.57 Å². The smallest absolute Gasteiger partial charge is 0.335 e. The molecule has 0 aromatic heterocycles. The highest BCUT2D eigenvalue weighted by Gasteiger charge is 2.13. The Morgan fingerprint density at radius 1 is 1.12 bits per heavy atom. The molecule has 0 aromatic rings. The van der Waals surface area contributed by atoms with E-state index in [4.69, 9.17) is 4.74 Å². The Bertz CT molecular complexity index is 260. The van der Waals surface area contributed by atoms with Crippen LogP contribution in [0.2, 0.25) is 0 Å². The maximum absolute atomic E-state index is 11.7. The average Bonchev–Trinajstić information content (AvgIpc) is 2.16. The van der Waals surface area contributed by atoms with Crippen LogP contribution in [0.1, 0.15) is 20.8 Å². The second-order valence-electron chi connectivity index (χ2n) is 4.52. The van der Waals surface area contributed by atoms with Crippen LogP contribution in [0.3, 0.4) is 0 Å². The monoisotopic (exact) mass is 228 g/mol. The molecule has 0 heterocycles. The lowest BCUT2D eigenvalue weighted by molar-refractivity contribution is -0.150. The van der Waals surface area contributed by atoms with Crippen molar-refractivity contribution in [3.05, 3.63) is 11.6 Å². The molecule has 2 atom stereocenters. The van der Waals surface area contributed by atoms with Crippen molar-refractivity contribution in [1.29, 1.82) is 0 Å². The van der Waals surface area contributed by atoms with E-state index >= 15 is 0 Å². The summed E-state index contributed by atoms with van der Waals surface area (Å²) in [5, 5.41) is 0. The topological polar surface area (TPSA) is 32.8 Å². The van der Waals surface area contributed by atoms with Gasteiger partial charge in [0.25, 0.3) is 0 Å². The minimum Gasteiger partial charge on any atom is -0.443 e. The number of ether oxygens (including phenoxy) is 1. The SMILES string of the molecule is C/C(=C\C(C)N(C)C)C(=O)OC(C)N(C)C. The largest absolute Gasteiger partial charge is 0.443 e. The maximum atomic E-state index is 11.7. The van der Waals surface area contributed by atoms with Crippen LogP contribution in [-0.4, -0.2) is 56.2 Å². The molecule has 0 aromatic carbocycles. The Morgan fingerprint density at radius 2 is 1.62 bits per heavy atom. The van der Waals surface area contributed by atoms with Gasteiger partial charge in [-0.3, -0.25) is 4.90 Å². The summed E-state index contributed by atoms with van der Waals surface area (Å²) in [7, 11) is 7.70. The Morgan fingerprint density at radius 3 is 2.00 bits per heavy atom. The zero-order chi connectivity index (χ0) is 12.9. The molecule has 0 aliphatic heterocycles. The van der Waals surface area contributed by atoms with Gasteiger partial charge in [0.2, 0.25) is 0 Å². The summed E-state index contributed by atoms with van der Waals surface area (Å²) in [6, 6.07) is 0.224. The van der Waals surface area contributed by atoms with Gasteiger partial charge in [-0.25, -0.2) is 4.79 Å². The molecule has 16 heavy (non-hydrogen) atoms. The molecule has 4 nitrogen and oxygen atoms in total. The van der Waals surface area contributed by atoms with Crippen molar-refractivity contribution in [3.8, 4) is 0 Å². The standard InChI is InChI=1S/C12H24N2O2/c1-9(8-10(2)13(4)5)12(15)16-11(3)14(6)7/h8,10-11H,1-7H3/b9-8+. The van der Waals surface area contributed by atoms with E-state index in [1.54, 1.807) is 6.92 Å². The third-order valence-corrected chi connectivity index (χ3v) is 2.63. The van der Waals surface area contributed by atoms with Crippen LogP contribution in [0.5, 0.6) is 0 Å². The van der Waals surface area contributed by atoms with Gasteiger partial charge >= 0.3 is 5.97 Å². The van der Waals surface area contributed by atoms with Crippen molar-refractivity contribution in [2.75, 3.05) is 28.2 Å². The van der Waals surface area contributed by atoms with Crippen molar-refractivity contribution in [1.82, 2.24) is 9.80 Å². The van der Waals surface area contributed by atoms with Gasteiger partial charge in [0.15, 0.2) is 6.23 Å². The van der Waals surface area contributed by atoms with Crippen LogP contribution < -0.4 is 0 Å². The van der Waals surface area contributed by atoms with Gasteiger partial charge in [-0.15, -0.1) is 0 Å². The fraction of sp³-hybridized carbons (Fsp3) is 0.750. The van der Waals surface area contributed by atoms with E-state index in [1.807, 2.05) is 57.9 Å². The van der Waals surface area contributed by atoms with E-state index in [9.17, 15) is 4.79 Å². The summed E-state index contributed by atoms with van der Waals surface area (Å²) in [6.45, 7) is 5.66. The van der Waals surface area contributed by atoms with Crippen molar-refractivity contribution in [2.45, 2.75) is 33.0 Å². The minimum atomic E-state index is -0.255. The van der Waals surface area contributed by atoms with Gasteiger partial charge in [-0.2, -0.15) is 0 Å². The van der Waals surface area contributed by atoms with Crippen molar-refractivity contribution < 1.29 is 9.53 Å². The first-order chi connectivity index (χ1) is 7.25. The number of nitrogens with zero attached hydrogens (tertiary/aromatic N) is 2. The first-order valence-corrected chi connectivity index (χ1v) is 5.48. The molecule has 0 N–H and O–H groups in total. The normalized spacial score (nSPS) is 16.4. The van der Waals surface area contributed by atoms with E-state index < -0.39 is 0 Å². The highest BCUT2D eigenvalue weighted by atomic mass is 16.6. The highest BCUT2D eigenvalue weighted by Crippen LogP contribution is 2.05. The minimum absolute atomic E-state index is 0.203. The average molecular weight is 228 g/mol. The summed E-state index contributed by atoms with van der Waals surface area (Å²) < 4.78 is 5.25. The van der Waals surface area contributed by atoms with Crippen molar-refractivity contribution in [3.63, 3.8) is 0 Å². The molecule has 94 valence electrons. The number of hydrogen-bond donors (Lipinski definition) is 0. The quantitative estimate of drug-likeness (QED) is 0.404. The van der Waals surface area contributed by atoms with Gasteiger partial charge in [0.1, 0.15) is 0 Å². The Balaban J connectivity index is 4.39. The van der Waals surface area contributed by atoms with Crippen LogP contribution in [0.4, 0.5) is 0 Å². The lowest BCUT2D eigenvalue weighted by atomic mass is 10.2. The summed E-state index contributed by atoms with van der Waals surface area (Å²) >= 11 is 0. The molecule has 0 aliphatic carbocycles. The van der Waals surface area contributed by atoms with E-state index in [0.717, 1.165) is 0 Å². The van der Waals surface area contributed by atoms with E-state index in [2.05, 4.69) is 0 Å². The fourth-order valence-corrected chi connectivity index (χ4v) is 0.932. The predicted octanol–water partition coefficient (Wildman–Crippen LogP) is 1.33. The Kier molecular flexibility index (Phi) is 6.29. The zero-order valence-corrected chi connectivity index (χ0v) is 11.4. The molecule has 0 aliphatic rings. The van der Waals surface area contributed by atoms with Gasteiger partial charge in [0.05, 0.1) is 0 Å². The number of likely N-dealkylation sites (N-methyl/N-ethyl adjacent to an activating group) is 1. The lowest BCUT2D eigenvalue weighted by Gasteiger charge is -2.21. The number of hydrogen-bond acceptors (Lipinski definition) is 4. The summed E-state index contributed by atoms with van der Waals surface area (Å²) in [4.78, 5) is 15.6. The Hall–Kier alpha value is -0.870.